The lowest BCUT2D eigenvalue weighted by Gasteiger charge is -2.22. The normalized spacial score (nSPS) is 13.5. The predicted octanol–water partition coefficient (Wildman–Crippen LogP) is 5.96. The number of alkyl halides is 6. The van der Waals surface area contributed by atoms with Crippen LogP contribution in [-0.4, -0.2) is 10.9 Å². The van der Waals surface area contributed by atoms with Gasteiger partial charge in [0.2, 0.25) is 0 Å². The Bertz CT molecular complexity index is 632. The Morgan fingerprint density at radius 2 is 1.39 bits per heavy atom. The second-order valence-corrected chi connectivity index (χ2v) is 5.82. The molecule has 2 aromatic rings. The van der Waals surface area contributed by atoms with Gasteiger partial charge in [-0.25, -0.2) is 0 Å². The summed E-state index contributed by atoms with van der Waals surface area (Å²) in [5.41, 5.74) is -0.0729. The highest BCUT2D eigenvalue weighted by Gasteiger charge is 2.57. The van der Waals surface area contributed by atoms with Crippen LogP contribution in [0.15, 0.2) is 54.6 Å². The molecule has 1 atom stereocenters. The molecule has 0 amide bonds. The number of benzene rings is 2. The molecule has 0 aliphatic heterocycles. The van der Waals surface area contributed by atoms with E-state index in [2.05, 4.69) is 4.74 Å². The molecule has 0 saturated heterocycles. The molecule has 2 rings (SSSR count). The van der Waals surface area contributed by atoms with Crippen LogP contribution in [0.5, 0.6) is 11.5 Å². The van der Waals surface area contributed by atoms with Crippen LogP contribution in [0.3, 0.4) is 0 Å². The number of halogens is 6. The van der Waals surface area contributed by atoms with Gasteiger partial charge in [-0.1, -0.05) is 41.9 Å². The van der Waals surface area contributed by atoms with Gasteiger partial charge >= 0.3 is 10.9 Å². The van der Waals surface area contributed by atoms with Crippen LogP contribution in [0.25, 0.3) is 0 Å². The second kappa shape index (κ2) is 6.97. The van der Waals surface area contributed by atoms with E-state index in [1.165, 1.54) is 12.1 Å². The quantitative estimate of drug-likeness (QED) is 0.429. The molecule has 8 heteroatoms. The minimum atomic E-state index is -4.69. The summed E-state index contributed by atoms with van der Waals surface area (Å²) in [5, 5.41) is 0. The van der Waals surface area contributed by atoms with Crippen molar-refractivity contribution >= 4 is 27.5 Å². The zero-order chi connectivity index (χ0) is 17.1. The van der Waals surface area contributed by atoms with Gasteiger partial charge in [-0.05, 0) is 24.3 Å². The smallest absolute Gasteiger partial charge is 0.470 e. The Hall–Kier alpha value is -1.47. The maximum absolute atomic E-state index is 13.1. The van der Waals surface area contributed by atoms with Gasteiger partial charge in [0.1, 0.15) is 11.5 Å². The summed E-state index contributed by atoms with van der Waals surface area (Å²) in [5.74, 6) is -0.164. The van der Waals surface area contributed by atoms with Crippen molar-refractivity contribution < 1.29 is 27.0 Å². The zero-order valence-corrected chi connectivity index (χ0v) is 13.7. The largest absolute Gasteiger partial charge is 0.475 e. The van der Waals surface area contributed by atoms with Crippen molar-refractivity contribution in [1.82, 2.24) is 0 Å². The van der Waals surface area contributed by atoms with Crippen LogP contribution >= 0.6 is 27.5 Å². The van der Waals surface area contributed by atoms with Crippen LogP contribution in [0.1, 0.15) is 11.1 Å². The van der Waals surface area contributed by atoms with E-state index in [9.17, 15) is 17.6 Å². The van der Waals surface area contributed by atoms with Crippen molar-refractivity contribution in [2.24, 2.45) is 0 Å². The summed E-state index contributed by atoms with van der Waals surface area (Å²) in [6.07, 6.45) is -4.69. The summed E-state index contributed by atoms with van der Waals surface area (Å²) in [6.45, 7) is 0. The van der Waals surface area contributed by atoms with Crippen molar-refractivity contribution in [3.8, 4) is 11.5 Å². The molecular weight excluding hydrogens is 404 g/mol. The van der Waals surface area contributed by atoms with E-state index in [1.54, 1.807) is 40.2 Å². The lowest BCUT2D eigenvalue weighted by molar-refractivity contribution is -0.266. The first-order valence-corrected chi connectivity index (χ1v) is 7.51. The van der Waals surface area contributed by atoms with Crippen molar-refractivity contribution in [2.45, 2.75) is 16.5 Å². The lowest BCUT2D eigenvalue weighted by atomic mass is 10.2. The van der Waals surface area contributed by atoms with Crippen LogP contribution < -0.4 is 9.47 Å². The fourth-order valence-electron chi connectivity index (χ4n) is 1.58. The fourth-order valence-corrected chi connectivity index (χ4v) is 1.91. The maximum Gasteiger partial charge on any atom is 0.475 e. The third kappa shape index (κ3) is 4.75. The number of rotatable bonds is 6. The topological polar surface area (TPSA) is 18.5 Å². The van der Waals surface area contributed by atoms with Gasteiger partial charge in [0.25, 0.3) is 0 Å². The summed E-state index contributed by atoms with van der Waals surface area (Å²) >= 11 is 7.65. The van der Waals surface area contributed by atoms with Crippen molar-refractivity contribution in [1.29, 1.82) is 0 Å². The van der Waals surface area contributed by atoms with Crippen molar-refractivity contribution in [3.63, 3.8) is 0 Å². The molecule has 0 spiro atoms. The average Bonchev–Trinajstić information content (AvgIpc) is 2.48. The molecule has 1 unspecified atom stereocenters. The van der Waals surface area contributed by atoms with Gasteiger partial charge in [-0.15, -0.1) is 0 Å². The van der Waals surface area contributed by atoms with Crippen LogP contribution in [-0.2, 0) is 0 Å². The minimum absolute atomic E-state index is 0.273. The molecule has 2 aromatic carbocycles. The summed E-state index contributed by atoms with van der Waals surface area (Å²) in [7, 11) is 0. The fraction of sp³-hybridized carbons (Fsp3) is 0.200. The van der Waals surface area contributed by atoms with Crippen LogP contribution in [0, 0.1) is 0 Å². The Balaban J connectivity index is 2.03. The molecule has 124 valence electrons. The van der Waals surface area contributed by atoms with Gasteiger partial charge in [0, 0.05) is 21.5 Å². The van der Waals surface area contributed by atoms with Gasteiger partial charge in [0.05, 0.1) is 0 Å². The third-order valence-corrected chi connectivity index (χ3v) is 3.50. The highest BCUT2D eigenvalue weighted by molar-refractivity contribution is 9.10. The Kier molecular flexibility index (Phi) is 5.41. The van der Waals surface area contributed by atoms with Gasteiger partial charge in [-0.3, -0.25) is 0 Å². The molecule has 23 heavy (non-hydrogen) atoms. The average molecular weight is 414 g/mol. The van der Waals surface area contributed by atoms with Crippen molar-refractivity contribution in [2.75, 3.05) is 0 Å². The minimum Gasteiger partial charge on any atom is -0.470 e. The molecule has 2 nitrogen and oxygen atoms in total. The van der Waals surface area contributed by atoms with E-state index in [0.29, 0.717) is 5.56 Å². The Morgan fingerprint density at radius 3 is 1.91 bits per heavy atom. The summed E-state index contributed by atoms with van der Waals surface area (Å²) in [4.78, 5) is -4.48. The lowest BCUT2D eigenvalue weighted by Crippen LogP contribution is -2.40. The van der Waals surface area contributed by atoms with Crippen LogP contribution in [0.2, 0.25) is 0 Å². The molecule has 0 saturated carbocycles. The molecule has 0 radical (unpaired) electrons. The zero-order valence-electron chi connectivity index (χ0n) is 11.4. The monoisotopic (exact) mass is 412 g/mol. The first-order valence-electron chi connectivity index (χ1n) is 6.28. The van der Waals surface area contributed by atoms with Crippen molar-refractivity contribution in [3.05, 3.63) is 60.2 Å². The molecule has 0 heterocycles. The van der Waals surface area contributed by atoms with E-state index >= 15 is 0 Å². The molecule has 0 aromatic heterocycles. The Labute approximate surface area is 143 Å². The molecule has 0 aliphatic rings. The van der Waals surface area contributed by atoms with Crippen LogP contribution in [0.4, 0.5) is 17.6 Å². The highest BCUT2D eigenvalue weighted by Crippen LogP contribution is 2.41. The molecular formula is C15H10BrClF4O2. The molecule has 0 aliphatic carbocycles. The van der Waals surface area contributed by atoms with E-state index in [4.69, 9.17) is 16.3 Å². The van der Waals surface area contributed by atoms with E-state index in [1.807, 2.05) is 6.07 Å². The van der Waals surface area contributed by atoms with Gasteiger partial charge in [-0.2, -0.15) is 17.6 Å². The molecule has 0 N–H and O–H groups in total. The third-order valence-electron chi connectivity index (χ3n) is 2.70. The van der Waals surface area contributed by atoms with E-state index < -0.39 is 22.3 Å². The highest BCUT2D eigenvalue weighted by atomic mass is 79.9. The first-order chi connectivity index (χ1) is 10.7. The maximum atomic E-state index is 13.1. The second-order valence-electron chi connectivity index (χ2n) is 4.43. The number of hydrogen-bond acceptors (Lipinski definition) is 2. The van der Waals surface area contributed by atoms with E-state index in [-0.39, 0.29) is 5.75 Å². The Morgan fingerprint density at radius 1 is 0.870 bits per heavy atom. The molecule has 0 fully saturated rings. The van der Waals surface area contributed by atoms with Gasteiger partial charge < -0.3 is 9.47 Å². The van der Waals surface area contributed by atoms with E-state index in [0.717, 1.165) is 12.1 Å². The predicted molar refractivity (Wildman–Crippen MR) is 81.6 cm³/mol. The SMILES string of the molecule is FC(F)(Br)C(F)(F)Oc1ccc(OC(Cl)c2ccccc2)cc1. The standard InChI is InChI=1S/C15H10BrClF4O2/c16-14(18,19)15(20,21)23-12-8-6-11(7-9-12)22-13(17)10-4-2-1-3-5-10/h1-9,13H. The summed E-state index contributed by atoms with van der Waals surface area (Å²) < 4.78 is 60.8. The number of hydrogen-bond donors (Lipinski definition) is 0. The molecule has 0 bridgehead atoms. The van der Waals surface area contributed by atoms with Gasteiger partial charge in [0.15, 0.2) is 5.56 Å². The number of ether oxygens (including phenoxy) is 2. The summed E-state index contributed by atoms with van der Waals surface area (Å²) in [6, 6.07) is 13.6. The first kappa shape index (κ1) is 17.9.